The molecule has 3 rings (SSSR count). The molecule has 2 heterocycles. The van der Waals surface area contributed by atoms with E-state index in [0.717, 1.165) is 70.4 Å². The van der Waals surface area contributed by atoms with E-state index in [9.17, 15) is 0 Å². The molecular weight excluding hydrogens is 360 g/mol. The van der Waals surface area contributed by atoms with Crippen LogP contribution in [0.1, 0.15) is 45.9 Å². The summed E-state index contributed by atoms with van der Waals surface area (Å²) in [7, 11) is 0. The van der Waals surface area contributed by atoms with Crippen molar-refractivity contribution in [3.63, 3.8) is 0 Å². The van der Waals surface area contributed by atoms with E-state index in [0.29, 0.717) is 0 Å². The van der Waals surface area contributed by atoms with Crippen LogP contribution < -0.4 is 4.90 Å². The summed E-state index contributed by atoms with van der Waals surface area (Å²) in [6.45, 7) is 8.60. The molecule has 0 atom stereocenters. The molecule has 138 valence electrons. The van der Waals surface area contributed by atoms with Gasteiger partial charge in [0.1, 0.15) is 10.5 Å². The highest BCUT2D eigenvalue weighted by Crippen LogP contribution is 2.33. The number of hydrogen-bond donors (Lipinski definition) is 0. The minimum Gasteiger partial charge on any atom is -0.355 e. The molecule has 3 aromatic rings. The molecule has 0 aliphatic heterocycles. The molecule has 0 spiro atoms. The third-order valence-corrected chi connectivity index (χ3v) is 5.59. The molecule has 26 heavy (non-hydrogen) atoms. The van der Waals surface area contributed by atoms with Gasteiger partial charge in [-0.3, -0.25) is 4.57 Å². The zero-order valence-corrected chi connectivity index (χ0v) is 17.4. The largest absolute Gasteiger partial charge is 0.355 e. The number of para-hydroxylation sites is 1. The Hall–Kier alpha value is -1.79. The van der Waals surface area contributed by atoms with Crippen LogP contribution in [-0.4, -0.2) is 27.6 Å². The molecule has 0 unspecified atom stereocenters. The summed E-state index contributed by atoms with van der Waals surface area (Å²) >= 11 is 7.33. The van der Waals surface area contributed by atoms with Gasteiger partial charge in [-0.1, -0.05) is 50.3 Å². The number of aromatic nitrogens is 3. The lowest BCUT2D eigenvalue weighted by molar-refractivity contribution is 0.728. The van der Waals surface area contributed by atoms with Crippen LogP contribution in [0.25, 0.3) is 16.0 Å². The number of benzene rings is 1. The van der Waals surface area contributed by atoms with Gasteiger partial charge in [-0.15, -0.1) is 0 Å². The van der Waals surface area contributed by atoms with Gasteiger partial charge in [0.25, 0.3) is 0 Å². The third-order valence-electron chi connectivity index (χ3n) is 4.23. The zero-order valence-electron chi connectivity index (χ0n) is 15.7. The standard InChI is InChI=1S/C20H26N4S2/c1-4-10-16-21-18(23(13-5-2)14-6-3)17-19(22-16)24(20(25)26-17)15-11-8-7-9-12-15/h7-9,11-12H,4-6,10,13-14H2,1-3H3. The molecule has 0 radical (unpaired) electrons. The summed E-state index contributed by atoms with van der Waals surface area (Å²) < 4.78 is 4.01. The summed E-state index contributed by atoms with van der Waals surface area (Å²) in [6, 6.07) is 10.3. The first kappa shape index (κ1) is 19.0. The topological polar surface area (TPSA) is 34.0 Å². The molecule has 0 fully saturated rings. The van der Waals surface area contributed by atoms with Crippen LogP contribution in [0.4, 0.5) is 5.82 Å². The van der Waals surface area contributed by atoms with Gasteiger partial charge in [-0.05, 0) is 43.6 Å². The Balaban J connectivity index is 2.26. The number of anilines is 1. The first-order chi connectivity index (χ1) is 12.7. The fourth-order valence-corrected chi connectivity index (χ4v) is 4.55. The van der Waals surface area contributed by atoms with Crippen molar-refractivity contribution in [1.29, 1.82) is 0 Å². The summed E-state index contributed by atoms with van der Waals surface area (Å²) in [5, 5.41) is 0. The summed E-state index contributed by atoms with van der Waals surface area (Å²) in [5.41, 5.74) is 2.00. The quantitative estimate of drug-likeness (QED) is 0.459. The smallest absolute Gasteiger partial charge is 0.168 e. The molecule has 4 nitrogen and oxygen atoms in total. The zero-order chi connectivity index (χ0) is 18.5. The van der Waals surface area contributed by atoms with E-state index in [2.05, 4.69) is 42.4 Å². The Labute approximate surface area is 164 Å². The predicted molar refractivity (Wildman–Crippen MR) is 114 cm³/mol. The summed E-state index contributed by atoms with van der Waals surface area (Å²) in [4.78, 5) is 12.2. The Morgan fingerprint density at radius 2 is 1.69 bits per heavy atom. The molecule has 0 bridgehead atoms. The number of fused-ring (bicyclic) bond motifs is 1. The van der Waals surface area contributed by atoms with Crippen molar-refractivity contribution in [1.82, 2.24) is 14.5 Å². The van der Waals surface area contributed by atoms with Crippen molar-refractivity contribution in [2.75, 3.05) is 18.0 Å². The van der Waals surface area contributed by atoms with Gasteiger partial charge in [-0.2, -0.15) is 0 Å². The van der Waals surface area contributed by atoms with E-state index in [1.54, 1.807) is 11.3 Å². The van der Waals surface area contributed by atoms with Gasteiger partial charge in [0.15, 0.2) is 15.4 Å². The number of rotatable bonds is 8. The van der Waals surface area contributed by atoms with Crippen LogP contribution in [-0.2, 0) is 6.42 Å². The monoisotopic (exact) mass is 386 g/mol. The number of hydrogen-bond acceptors (Lipinski definition) is 5. The molecule has 2 aromatic heterocycles. The minimum absolute atomic E-state index is 0.823. The fraction of sp³-hybridized carbons (Fsp3) is 0.450. The van der Waals surface area contributed by atoms with Crippen molar-refractivity contribution in [3.8, 4) is 5.69 Å². The van der Waals surface area contributed by atoms with E-state index < -0.39 is 0 Å². The highest BCUT2D eigenvalue weighted by Gasteiger charge is 2.19. The predicted octanol–water partition coefficient (Wildman–Crippen LogP) is 5.79. The van der Waals surface area contributed by atoms with Crippen molar-refractivity contribution >= 4 is 39.7 Å². The Morgan fingerprint density at radius 1 is 1.00 bits per heavy atom. The maximum absolute atomic E-state index is 5.71. The van der Waals surface area contributed by atoms with Crippen LogP contribution in [0.5, 0.6) is 0 Å². The molecule has 0 amide bonds. The average Bonchev–Trinajstić information content (AvgIpc) is 2.98. The highest BCUT2D eigenvalue weighted by atomic mass is 32.1. The van der Waals surface area contributed by atoms with Gasteiger partial charge in [0, 0.05) is 25.2 Å². The van der Waals surface area contributed by atoms with Crippen LogP contribution >= 0.6 is 23.6 Å². The minimum atomic E-state index is 0.823. The Kier molecular flexibility index (Phi) is 6.38. The number of nitrogens with zero attached hydrogens (tertiary/aromatic N) is 4. The molecular formula is C20H26N4S2. The molecule has 6 heteroatoms. The SMILES string of the molecule is CCCc1nc(N(CCC)CCC)c2sc(=S)n(-c3ccccc3)c2n1. The van der Waals surface area contributed by atoms with E-state index in [4.69, 9.17) is 22.2 Å². The second kappa shape index (κ2) is 8.73. The van der Waals surface area contributed by atoms with E-state index >= 15 is 0 Å². The fourth-order valence-electron chi connectivity index (χ4n) is 3.15. The van der Waals surface area contributed by atoms with Gasteiger partial charge < -0.3 is 4.90 Å². The van der Waals surface area contributed by atoms with Crippen LogP contribution in [0.15, 0.2) is 30.3 Å². The van der Waals surface area contributed by atoms with E-state index in [1.807, 2.05) is 18.2 Å². The number of aryl methyl sites for hydroxylation is 1. The molecule has 1 aromatic carbocycles. The molecule has 0 aliphatic carbocycles. The molecule has 0 saturated carbocycles. The van der Waals surface area contributed by atoms with Crippen molar-refractivity contribution in [2.45, 2.75) is 46.5 Å². The van der Waals surface area contributed by atoms with Crippen molar-refractivity contribution < 1.29 is 0 Å². The Morgan fingerprint density at radius 3 is 2.31 bits per heavy atom. The Bertz CT molecular complexity index is 909. The van der Waals surface area contributed by atoms with Gasteiger partial charge in [0.2, 0.25) is 0 Å². The first-order valence-electron chi connectivity index (χ1n) is 9.42. The van der Waals surface area contributed by atoms with Gasteiger partial charge in [0.05, 0.1) is 0 Å². The second-order valence-corrected chi connectivity index (χ2v) is 8.04. The van der Waals surface area contributed by atoms with Crippen molar-refractivity contribution in [3.05, 3.63) is 40.1 Å². The average molecular weight is 387 g/mol. The normalized spacial score (nSPS) is 11.2. The van der Waals surface area contributed by atoms with E-state index in [-0.39, 0.29) is 0 Å². The molecule has 0 N–H and O–H groups in total. The summed E-state index contributed by atoms with van der Waals surface area (Å²) in [6.07, 6.45) is 4.11. The first-order valence-corrected chi connectivity index (χ1v) is 10.6. The number of thiazole rings is 1. The summed E-state index contributed by atoms with van der Waals surface area (Å²) in [5.74, 6) is 1.96. The highest BCUT2D eigenvalue weighted by molar-refractivity contribution is 7.73. The maximum Gasteiger partial charge on any atom is 0.168 e. The lowest BCUT2D eigenvalue weighted by Crippen LogP contribution is -2.26. The molecule has 0 aliphatic rings. The second-order valence-electron chi connectivity index (χ2n) is 6.39. The lowest BCUT2D eigenvalue weighted by atomic mass is 10.3. The van der Waals surface area contributed by atoms with Crippen LogP contribution in [0, 0.1) is 3.95 Å². The third kappa shape index (κ3) is 3.81. The molecule has 0 saturated heterocycles. The van der Waals surface area contributed by atoms with Gasteiger partial charge in [-0.25, -0.2) is 9.97 Å². The van der Waals surface area contributed by atoms with Gasteiger partial charge >= 0.3 is 0 Å². The van der Waals surface area contributed by atoms with Crippen LogP contribution in [0.2, 0.25) is 0 Å². The van der Waals surface area contributed by atoms with Crippen molar-refractivity contribution in [2.24, 2.45) is 0 Å². The lowest BCUT2D eigenvalue weighted by Gasteiger charge is -2.23. The maximum atomic E-state index is 5.71. The van der Waals surface area contributed by atoms with E-state index in [1.165, 1.54) is 0 Å². The van der Waals surface area contributed by atoms with Crippen LogP contribution in [0.3, 0.4) is 0 Å².